The lowest BCUT2D eigenvalue weighted by atomic mass is 10.1. The number of nitrogens with zero attached hydrogens (tertiary/aromatic N) is 3. The normalized spacial score (nSPS) is 10.5. The van der Waals surface area contributed by atoms with Crippen LogP contribution in [0.1, 0.15) is 41.6 Å². The summed E-state index contributed by atoms with van der Waals surface area (Å²) in [5.41, 5.74) is 0.704. The van der Waals surface area contributed by atoms with Crippen LogP contribution in [0.2, 0.25) is 0 Å². The van der Waals surface area contributed by atoms with E-state index in [9.17, 15) is 9.59 Å². The first-order valence-electron chi connectivity index (χ1n) is 5.61. The number of rotatable bonds is 5. The summed E-state index contributed by atoms with van der Waals surface area (Å²) < 4.78 is 8.34. The molecule has 1 amide bonds. The summed E-state index contributed by atoms with van der Waals surface area (Å²) in [6, 6.07) is 0. The molecule has 0 saturated carbocycles. The Labute approximate surface area is 110 Å². The largest absolute Gasteiger partial charge is 0.469 e. The van der Waals surface area contributed by atoms with Gasteiger partial charge >= 0.3 is 5.97 Å². The maximum absolute atomic E-state index is 12.1. The summed E-state index contributed by atoms with van der Waals surface area (Å²) in [5, 5.41) is 3.96. The molecule has 100 valence electrons. The second kappa shape index (κ2) is 6.44. The van der Waals surface area contributed by atoms with Crippen molar-refractivity contribution in [2.24, 2.45) is 0 Å². The standard InChI is InChI=1S/C11H17N3O3S/c1-7(2)9-10(18-13-12-9)11(16)14(3)6-5-8(15)17-4/h7H,5-6H2,1-4H3. The second-order valence-electron chi connectivity index (χ2n) is 4.19. The number of aromatic nitrogens is 2. The molecule has 0 fully saturated rings. The molecule has 0 bridgehead atoms. The number of ether oxygens (including phenoxy) is 1. The maximum atomic E-state index is 12.1. The number of methoxy groups -OCH3 is 1. The molecule has 0 aliphatic carbocycles. The molecule has 18 heavy (non-hydrogen) atoms. The van der Waals surface area contributed by atoms with E-state index >= 15 is 0 Å². The highest BCUT2D eigenvalue weighted by Gasteiger charge is 2.22. The van der Waals surface area contributed by atoms with Crippen molar-refractivity contribution in [1.29, 1.82) is 0 Å². The number of hydrogen-bond donors (Lipinski definition) is 0. The minimum Gasteiger partial charge on any atom is -0.469 e. The maximum Gasteiger partial charge on any atom is 0.307 e. The average molecular weight is 271 g/mol. The Morgan fingerprint density at radius 1 is 1.44 bits per heavy atom. The third-order valence-electron chi connectivity index (χ3n) is 2.48. The number of amides is 1. The highest BCUT2D eigenvalue weighted by atomic mass is 32.1. The van der Waals surface area contributed by atoms with Crippen LogP contribution >= 0.6 is 11.5 Å². The highest BCUT2D eigenvalue weighted by molar-refractivity contribution is 7.08. The number of esters is 1. The van der Waals surface area contributed by atoms with E-state index in [-0.39, 0.29) is 24.2 Å². The zero-order valence-electron chi connectivity index (χ0n) is 11.0. The van der Waals surface area contributed by atoms with Crippen LogP contribution in [0.25, 0.3) is 0 Å². The fourth-order valence-electron chi connectivity index (χ4n) is 1.36. The van der Waals surface area contributed by atoms with Crippen LogP contribution in [0.4, 0.5) is 0 Å². The molecule has 1 rings (SSSR count). The second-order valence-corrected chi connectivity index (χ2v) is 4.95. The van der Waals surface area contributed by atoms with Crippen LogP contribution in [-0.2, 0) is 9.53 Å². The first-order chi connectivity index (χ1) is 8.47. The molecule has 0 aliphatic heterocycles. The molecular formula is C11H17N3O3S. The van der Waals surface area contributed by atoms with Crippen molar-refractivity contribution in [3.8, 4) is 0 Å². The van der Waals surface area contributed by atoms with Gasteiger partial charge < -0.3 is 9.64 Å². The minimum atomic E-state index is -0.332. The first kappa shape index (κ1) is 14.6. The van der Waals surface area contributed by atoms with Gasteiger partial charge in [0, 0.05) is 13.6 Å². The Morgan fingerprint density at radius 2 is 2.11 bits per heavy atom. The third kappa shape index (κ3) is 3.49. The van der Waals surface area contributed by atoms with Gasteiger partial charge in [0.15, 0.2) is 0 Å². The van der Waals surface area contributed by atoms with Crippen molar-refractivity contribution in [2.45, 2.75) is 26.2 Å². The van der Waals surface area contributed by atoms with Crippen molar-refractivity contribution in [1.82, 2.24) is 14.5 Å². The molecule has 1 heterocycles. The van der Waals surface area contributed by atoms with E-state index in [4.69, 9.17) is 0 Å². The quantitative estimate of drug-likeness (QED) is 0.755. The van der Waals surface area contributed by atoms with Gasteiger partial charge in [0.2, 0.25) is 0 Å². The van der Waals surface area contributed by atoms with E-state index in [2.05, 4.69) is 14.3 Å². The molecule has 0 N–H and O–H groups in total. The van der Waals surface area contributed by atoms with E-state index in [1.54, 1.807) is 7.05 Å². The molecule has 0 aromatic carbocycles. The number of carbonyl (C=O) groups is 2. The molecule has 6 nitrogen and oxygen atoms in total. The lowest BCUT2D eigenvalue weighted by molar-refractivity contribution is -0.140. The Morgan fingerprint density at radius 3 is 2.67 bits per heavy atom. The van der Waals surface area contributed by atoms with Gasteiger partial charge in [0.25, 0.3) is 5.91 Å². The van der Waals surface area contributed by atoms with Gasteiger partial charge in [-0.2, -0.15) is 0 Å². The molecule has 1 aromatic rings. The zero-order chi connectivity index (χ0) is 13.7. The summed E-state index contributed by atoms with van der Waals surface area (Å²) in [6.45, 7) is 4.24. The van der Waals surface area contributed by atoms with E-state index in [1.807, 2.05) is 13.8 Å². The summed E-state index contributed by atoms with van der Waals surface area (Å²) in [7, 11) is 2.98. The van der Waals surface area contributed by atoms with Crippen molar-refractivity contribution in [3.63, 3.8) is 0 Å². The molecule has 1 aromatic heterocycles. The predicted octanol–water partition coefficient (Wildman–Crippen LogP) is 1.30. The van der Waals surface area contributed by atoms with Crippen LogP contribution in [-0.4, -0.2) is 47.1 Å². The lowest BCUT2D eigenvalue weighted by Crippen LogP contribution is -2.29. The van der Waals surface area contributed by atoms with Crippen LogP contribution < -0.4 is 0 Å². The predicted molar refractivity (Wildman–Crippen MR) is 67.6 cm³/mol. The zero-order valence-corrected chi connectivity index (χ0v) is 11.8. The monoisotopic (exact) mass is 271 g/mol. The van der Waals surface area contributed by atoms with Crippen molar-refractivity contribution < 1.29 is 14.3 Å². The van der Waals surface area contributed by atoms with Gasteiger partial charge in [-0.3, -0.25) is 9.59 Å². The average Bonchev–Trinajstić information content (AvgIpc) is 2.83. The van der Waals surface area contributed by atoms with Gasteiger partial charge in [-0.1, -0.05) is 18.3 Å². The first-order valence-corrected chi connectivity index (χ1v) is 6.39. The van der Waals surface area contributed by atoms with Crippen molar-refractivity contribution >= 4 is 23.4 Å². The van der Waals surface area contributed by atoms with Gasteiger partial charge in [-0.05, 0) is 17.5 Å². The van der Waals surface area contributed by atoms with Crippen LogP contribution in [0, 0.1) is 0 Å². The van der Waals surface area contributed by atoms with Gasteiger partial charge in [-0.25, -0.2) is 0 Å². The van der Waals surface area contributed by atoms with E-state index in [1.165, 1.54) is 12.0 Å². The number of carbonyl (C=O) groups excluding carboxylic acids is 2. The van der Waals surface area contributed by atoms with Crippen LogP contribution in [0.15, 0.2) is 0 Å². The van der Waals surface area contributed by atoms with Crippen LogP contribution in [0.3, 0.4) is 0 Å². The SMILES string of the molecule is COC(=O)CCN(C)C(=O)c1snnc1C(C)C. The van der Waals surface area contributed by atoms with E-state index in [0.717, 1.165) is 11.5 Å². The van der Waals surface area contributed by atoms with Gasteiger partial charge in [0.1, 0.15) is 4.88 Å². The molecular weight excluding hydrogens is 254 g/mol. The molecule has 0 atom stereocenters. The molecule has 0 unspecified atom stereocenters. The molecule has 0 spiro atoms. The number of hydrogen-bond acceptors (Lipinski definition) is 6. The summed E-state index contributed by atoms with van der Waals surface area (Å²) in [5.74, 6) is -0.338. The molecule has 0 radical (unpaired) electrons. The third-order valence-corrected chi connectivity index (χ3v) is 3.21. The fourth-order valence-corrected chi connectivity index (χ4v) is 2.17. The smallest absolute Gasteiger partial charge is 0.307 e. The van der Waals surface area contributed by atoms with Crippen molar-refractivity contribution in [3.05, 3.63) is 10.6 Å². The summed E-state index contributed by atoms with van der Waals surface area (Å²) >= 11 is 1.09. The van der Waals surface area contributed by atoms with Crippen molar-refractivity contribution in [2.75, 3.05) is 20.7 Å². The summed E-state index contributed by atoms with van der Waals surface area (Å²) in [4.78, 5) is 25.2. The van der Waals surface area contributed by atoms with Gasteiger partial charge in [0.05, 0.1) is 19.2 Å². The molecule has 0 saturated heterocycles. The van der Waals surface area contributed by atoms with E-state index in [0.29, 0.717) is 17.1 Å². The van der Waals surface area contributed by atoms with Gasteiger partial charge in [-0.15, -0.1) is 5.10 Å². The molecule has 7 heteroatoms. The highest BCUT2D eigenvalue weighted by Crippen LogP contribution is 2.20. The van der Waals surface area contributed by atoms with Crippen LogP contribution in [0.5, 0.6) is 0 Å². The molecule has 0 aliphatic rings. The Balaban J connectivity index is 2.68. The Kier molecular flexibility index (Phi) is 5.21. The topological polar surface area (TPSA) is 72.4 Å². The minimum absolute atomic E-state index is 0.150. The lowest BCUT2D eigenvalue weighted by Gasteiger charge is -2.16. The van der Waals surface area contributed by atoms with E-state index < -0.39 is 0 Å². The Bertz CT molecular complexity index is 431. The summed E-state index contributed by atoms with van der Waals surface area (Å²) in [6.07, 6.45) is 0.183. The Hall–Kier alpha value is -1.50. The fraction of sp³-hybridized carbons (Fsp3) is 0.636.